The summed E-state index contributed by atoms with van der Waals surface area (Å²) in [6.45, 7) is 9.43. The van der Waals surface area contributed by atoms with Crippen LogP contribution < -0.4 is 4.74 Å². The van der Waals surface area contributed by atoms with Crippen molar-refractivity contribution in [3.63, 3.8) is 0 Å². The Labute approximate surface area is 218 Å². The number of aromatic amines is 1. The number of nitrogens with zero attached hydrogens (tertiary/aromatic N) is 3. The van der Waals surface area contributed by atoms with Crippen LogP contribution in [0.2, 0.25) is 0 Å². The lowest BCUT2D eigenvalue weighted by molar-refractivity contribution is 0.0544. The van der Waals surface area contributed by atoms with Gasteiger partial charge in [-0.3, -0.25) is 14.6 Å². The van der Waals surface area contributed by atoms with Gasteiger partial charge in [0.2, 0.25) is 0 Å². The molecule has 0 spiro atoms. The number of fused-ring (bicyclic) bond motifs is 1. The van der Waals surface area contributed by atoms with Crippen LogP contribution in [-0.4, -0.2) is 45.0 Å². The lowest BCUT2D eigenvalue weighted by Gasteiger charge is -2.36. The van der Waals surface area contributed by atoms with E-state index in [9.17, 15) is 4.79 Å². The summed E-state index contributed by atoms with van der Waals surface area (Å²) in [4.78, 5) is 15.5. The number of methoxy groups -OCH3 is 1. The predicted molar refractivity (Wildman–Crippen MR) is 146 cm³/mol. The first-order valence-corrected chi connectivity index (χ1v) is 13.0. The summed E-state index contributed by atoms with van der Waals surface area (Å²) in [5, 5.41) is 7.99. The van der Waals surface area contributed by atoms with Gasteiger partial charge in [-0.25, -0.2) is 4.79 Å². The van der Waals surface area contributed by atoms with Crippen molar-refractivity contribution in [1.29, 1.82) is 0 Å². The normalized spacial score (nSPS) is 16.7. The summed E-state index contributed by atoms with van der Waals surface area (Å²) in [7, 11) is 1.72. The number of H-pyrrole nitrogens is 1. The summed E-state index contributed by atoms with van der Waals surface area (Å²) < 4.78 is 13.2. The molecule has 7 nitrogen and oxygen atoms in total. The van der Waals surface area contributed by atoms with Gasteiger partial charge in [-0.15, -0.1) is 0 Å². The smallest absolute Gasteiger partial charge is 0.419 e. The van der Waals surface area contributed by atoms with E-state index in [1.54, 1.807) is 11.7 Å². The summed E-state index contributed by atoms with van der Waals surface area (Å²) in [6.07, 6.45) is 8.70. The minimum atomic E-state index is -0.564. The molecule has 1 unspecified atom stereocenters. The van der Waals surface area contributed by atoms with Gasteiger partial charge >= 0.3 is 6.09 Å². The third kappa shape index (κ3) is 5.14. The van der Waals surface area contributed by atoms with Crippen molar-refractivity contribution in [1.82, 2.24) is 19.7 Å². The first-order valence-electron chi connectivity index (χ1n) is 13.0. The molecule has 2 aromatic heterocycles. The van der Waals surface area contributed by atoms with Gasteiger partial charge in [-0.1, -0.05) is 30.7 Å². The Bertz CT molecular complexity index is 1380. The van der Waals surface area contributed by atoms with Crippen LogP contribution >= 0.6 is 0 Å². The molecule has 3 heterocycles. The van der Waals surface area contributed by atoms with Crippen LogP contribution in [0.3, 0.4) is 0 Å². The SMILES string of the molecule is COc1cc(C)c2c(ccn2C(=O)OC(C)(C)C)c1CN1CCCCC1c1ccc(-c2cn[nH]c2)cc1. The number of rotatable bonds is 5. The molecule has 1 aliphatic rings. The van der Waals surface area contributed by atoms with Crippen molar-refractivity contribution in [3.8, 4) is 16.9 Å². The van der Waals surface area contributed by atoms with E-state index < -0.39 is 5.60 Å². The van der Waals surface area contributed by atoms with Crippen molar-refractivity contribution in [2.45, 2.75) is 65.1 Å². The summed E-state index contributed by atoms with van der Waals surface area (Å²) in [5.41, 5.74) is 5.97. The molecule has 37 heavy (non-hydrogen) atoms. The average molecular weight is 501 g/mol. The molecule has 0 bridgehead atoms. The van der Waals surface area contributed by atoms with Gasteiger partial charge in [0.25, 0.3) is 0 Å². The zero-order chi connectivity index (χ0) is 26.2. The van der Waals surface area contributed by atoms with E-state index >= 15 is 0 Å². The van der Waals surface area contributed by atoms with Crippen molar-refractivity contribution in [2.24, 2.45) is 0 Å². The van der Waals surface area contributed by atoms with E-state index in [4.69, 9.17) is 9.47 Å². The summed E-state index contributed by atoms with van der Waals surface area (Å²) in [5.74, 6) is 0.853. The molecule has 2 aromatic carbocycles. The van der Waals surface area contributed by atoms with Gasteiger partial charge in [-0.05, 0) is 75.9 Å². The molecular formula is C30H36N4O3. The van der Waals surface area contributed by atoms with E-state index in [1.807, 2.05) is 58.4 Å². The van der Waals surface area contributed by atoms with Crippen LogP contribution in [0.5, 0.6) is 5.75 Å². The molecule has 1 N–H and O–H groups in total. The molecule has 5 rings (SSSR count). The lowest BCUT2D eigenvalue weighted by atomic mass is 9.93. The van der Waals surface area contributed by atoms with E-state index in [0.29, 0.717) is 6.04 Å². The number of aryl methyl sites for hydroxylation is 1. The Hall–Kier alpha value is -3.58. The molecule has 194 valence electrons. The molecule has 0 saturated carbocycles. The number of aromatic nitrogens is 3. The second-order valence-corrected chi connectivity index (χ2v) is 10.9. The Balaban J connectivity index is 1.48. The zero-order valence-corrected chi connectivity index (χ0v) is 22.4. The highest BCUT2D eigenvalue weighted by Crippen LogP contribution is 2.38. The van der Waals surface area contributed by atoms with Gasteiger partial charge in [0.05, 0.1) is 18.8 Å². The molecule has 4 aromatic rings. The number of piperidine rings is 1. The first-order chi connectivity index (χ1) is 17.7. The highest BCUT2D eigenvalue weighted by Gasteiger charge is 2.27. The maximum absolute atomic E-state index is 13.0. The standard InChI is InChI=1S/C30H36N4O3/c1-20-16-27(36-5)25(24-13-15-34(28(20)24)29(35)37-30(2,3)4)19-33-14-7-6-8-26(33)22-11-9-21(10-12-22)23-17-31-32-18-23/h9-13,15-18,26H,6-8,14,19H2,1-5H3,(H,31,32). The molecule has 1 fully saturated rings. The highest BCUT2D eigenvalue weighted by atomic mass is 16.6. The van der Waals surface area contributed by atoms with Crippen molar-refractivity contribution >= 4 is 17.0 Å². The second kappa shape index (κ2) is 10.1. The predicted octanol–water partition coefficient (Wildman–Crippen LogP) is 6.86. The van der Waals surface area contributed by atoms with E-state index in [1.165, 1.54) is 18.4 Å². The van der Waals surface area contributed by atoms with Gasteiger partial charge in [0.1, 0.15) is 11.4 Å². The third-order valence-electron chi connectivity index (χ3n) is 7.14. The number of benzene rings is 2. The number of ether oxygens (including phenoxy) is 2. The lowest BCUT2D eigenvalue weighted by Crippen LogP contribution is -2.33. The van der Waals surface area contributed by atoms with Crippen LogP contribution in [0.15, 0.2) is 55.0 Å². The molecule has 1 saturated heterocycles. The van der Waals surface area contributed by atoms with Crippen LogP contribution in [0.25, 0.3) is 22.0 Å². The van der Waals surface area contributed by atoms with Crippen LogP contribution in [0.1, 0.15) is 62.8 Å². The highest BCUT2D eigenvalue weighted by molar-refractivity contribution is 5.95. The molecule has 1 aliphatic heterocycles. The Morgan fingerprint density at radius 3 is 2.59 bits per heavy atom. The maximum Gasteiger partial charge on any atom is 0.419 e. The first kappa shape index (κ1) is 25.1. The maximum atomic E-state index is 13.0. The molecule has 0 aliphatic carbocycles. The Kier molecular flexibility index (Phi) is 6.82. The number of hydrogen-bond acceptors (Lipinski definition) is 5. The summed E-state index contributed by atoms with van der Waals surface area (Å²) >= 11 is 0. The molecular weight excluding hydrogens is 464 g/mol. The minimum absolute atomic E-state index is 0.321. The van der Waals surface area contributed by atoms with Crippen LogP contribution in [0, 0.1) is 6.92 Å². The molecule has 0 radical (unpaired) electrons. The second-order valence-electron chi connectivity index (χ2n) is 10.9. The van der Waals surface area contributed by atoms with Gasteiger partial charge in [0.15, 0.2) is 0 Å². The topological polar surface area (TPSA) is 72.4 Å². The van der Waals surface area contributed by atoms with Crippen LogP contribution in [0.4, 0.5) is 4.79 Å². The fourth-order valence-electron chi connectivity index (χ4n) is 5.44. The fourth-order valence-corrected chi connectivity index (χ4v) is 5.44. The number of carbonyl (C=O) groups is 1. The number of likely N-dealkylation sites (tertiary alicyclic amines) is 1. The summed E-state index contributed by atoms with van der Waals surface area (Å²) in [6, 6.07) is 13.2. The van der Waals surface area contributed by atoms with Crippen molar-refractivity contribution < 1.29 is 14.3 Å². The zero-order valence-electron chi connectivity index (χ0n) is 22.4. The molecule has 7 heteroatoms. The minimum Gasteiger partial charge on any atom is -0.496 e. The Morgan fingerprint density at radius 1 is 1.14 bits per heavy atom. The largest absolute Gasteiger partial charge is 0.496 e. The third-order valence-corrected chi connectivity index (χ3v) is 7.14. The van der Waals surface area contributed by atoms with Gasteiger partial charge in [0, 0.05) is 41.5 Å². The Morgan fingerprint density at radius 2 is 1.92 bits per heavy atom. The monoisotopic (exact) mass is 500 g/mol. The average Bonchev–Trinajstić information content (AvgIpc) is 3.56. The number of hydrogen-bond donors (Lipinski definition) is 1. The number of carbonyl (C=O) groups excluding carboxylic acids is 1. The van der Waals surface area contributed by atoms with Gasteiger partial charge in [-0.2, -0.15) is 5.10 Å². The van der Waals surface area contributed by atoms with E-state index in [0.717, 1.165) is 58.4 Å². The van der Waals surface area contributed by atoms with E-state index in [-0.39, 0.29) is 6.09 Å². The van der Waals surface area contributed by atoms with Gasteiger partial charge < -0.3 is 9.47 Å². The fraction of sp³-hybridized carbons (Fsp3) is 0.400. The van der Waals surface area contributed by atoms with Crippen molar-refractivity contribution in [3.05, 3.63) is 71.7 Å². The van der Waals surface area contributed by atoms with E-state index in [2.05, 4.69) is 39.4 Å². The van der Waals surface area contributed by atoms with Crippen LogP contribution in [-0.2, 0) is 11.3 Å². The van der Waals surface area contributed by atoms with Crippen molar-refractivity contribution in [2.75, 3.05) is 13.7 Å². The quantitative estimate of drug-likeness (QED) is 0.324. The number of nitrogens with one attached hydrogen (secondary N) is 1. The molecule has 0 amide bonds. The molecule has 1 atom stereocenters.